The highest BCUT2D eigenvalue weighted by molar-refractivity contribution is 5.69. The van der Waals surface area contributed by atoms with Gasteiger partial charge in [-0.1, -0.05) is 83.3 Å². The first kappa shape index (κ1) is 33.0. The van der Waals surface area contributed by atoms with Crippen molar-refractivity contribution in [2.45, 2.75) is 141 Å². The SMILES string of the molecule is CCCCCCCC/C=C\CCCCCCCCCC(=O)OC[C@H]1O[C@@H](n2cc(C)c(=O)[nH]c2=O)[C@@H](O)[C@@H]1O. The van der Waals surface area contributed by atoms with Crippen molar-refractivity contribution in [1.29, 1.82) is 0 Å². The van der Waals surface area contributed by atoms with Crippen LogP contribution in [0.3, 0.4) is 0 Å². The first-order chi connectivity index (χ1) is 18.8. The number of esters is 1. The smallest absolute Gasteiger partial charge is 0.330 e. The van der Waals surface area contributed by atoms with Crippen LogP contribution in [0.25, 0.3) is 0 Å². The van der Waals surface area contributed by atoms with Gasteiger partial charge in [0, 0.05) is 18.2 Å². The summed E-state index contributed by atoms with van der Waals surface area (Å²) in [6.07, 6.45) is 19.5. The normalized spacial score (nSPS) is 21.1. The van der Waals surface area contributed by atoms with Crippen LogP contribution < -0.4 is 11.2 Å². The van der Waals surface area contributed by atoms with E-state index < -0.39 is 35.8 Å². The van der Waals surface area contributed by atoms with E-state index in [-0.39, 0.29) is 24.6 Å². The number of H-pyrrole nitrogens is 1. The number of unbranched alkanes of at least 4 members (excludes halogenated alkanes) is 13. The molecule has 0 saturated carbocycles. The van der Waals surface area contributed by atoms with Crippen molar-refractivity contribution >= 4 is 5.97 Å². The van der Waals surface area contributed by atoms with E-state index in [2.05, 4.69) is 24.1 Å². The molecule has 2 heterocycles. The molecule has 2 rings (SSSR count). The van der Waals surface area contributed by atoms with E-state index in [9.17, 15) is 24.6 Å². The fourth-order valence-electron chi connectivity index (χ4n) is 4.81. The molecule has 0 aliphatic carbocycles. The van der Waals surface area contributed by atoms with Crippen LogP contribution in [0.1, 0.15) is 121 Å². The van der Waals surface area contributed by atoms with Crippen LogP contribution in [0.2, 0.25) is 0 Å². The van der Waals surface area contributed by atoms with E-state index in [0.717, 1.165) is 23.8 Å². The second kappa shape index (κ2) is 19.0. The quantitative estimate of drug-likeness (QED) is 0.120. The number of nitrogens with one attached hydrogen (secondary N) is 1. The standard InChI is InChI=1S/C30H50N2O7/c1-3-4-5-6-7-8-9-10-11-12-13-14-15-16-17-18-19-20-25(33)38-22-24-26(34)27(35)29(39-24)32-21-23(2)28(36)31-30(32)37/h10-11,21,24,26-27,29,34-35H,3-9,12-20,22H2,1-2H3,(H,31,36,37)/b11-10-/t24-,26-,27+,29-/m1/s1. The average Bonchev–Trinajstić information content (AvgIpc) is 3.19. The third kappa shape index (κ3) is 12.2. The Balaban J connectivity index is 1.48. The van der Waals surface area contributed by atoms with Crippen LogP contribution in [0, 0.1) is 6.92 Å². The van der Waals surface area contributed by atoms with E-state index in [1.165, 1.54) is 90.2 Å². The van der Waals surface area contributed by atoms with E-state index in [4.69, 9.17) is 9.47 Å². The van der Waals surface area contributed by atoms with Gasteiger partial charge in [0.15, 0.2) is 6.23 Å². The first-order valence-corrected chi connectivity index (χ1v) is 15.0. The van der Waals surface area contributed by atoms with Gasteiger partial charge in [-0.15, -0.1) is 0 Å². The molecule has 1 aromatic heterocycles. The molecule has 0 bridgehead atoms. The second-order valence-corrected chi connectivity index (χ2v) is 10.7. The van der Waals surface area contributed by atoms with Crippen LogP contribution in [-0.4, -0.2) is 50.7 Å². The first-order valence-electron chi connectivity index (χ1n) is 15.0. The molecule has 3 N–H and O–H groups in total. The minimum absolute atomic E-state index is 0.224. The number of aromatic nitrogens is 2. The van der Waals surface area contributed by atoms with Gasteiger partial charge in [0.2, 0.25) is 0 Å². The highest BCUT2D eigenvalue weighted by Crippen LogP contribution is 2.28. The molecule has 222 valence electrons. The third-order valence-corrected chi connectivity index (χ3v) is 7.31. The summed E-state index contributed by atoms with van der Waals surface area (Å²) in [5.74, 6) is -0.381. The Morgan fingerprint density at radius 2 is 1.49 bits per heavy atom. The molecular weight excluding hydrogens is 500 g/mol. The number of carbonyl (C=O) groups is 1. The summed E-state index contributed by atoms with van der Waals surface area (Å²) < 4.78 is 11.9. The topological polar surface area (TPSA) is 131 Å². The predicted molar refractivity (Wildman–Crippen MR) is 152 cm³/mol. The minimum atomic E-state index is -1.40. The lowest BCUT2D eigenvalue weighted by Gasteiger charge is -2.17. The second-order valence-electron chi connectivity index (χ2n) is 10.7. The highest BCUT2D eigenvalue weighted by Gasteiger charge is 2.44. The van der Waals surface area contributed by atoms with E-state index in [1.807, 2.05) is 0 Å². The van der Waals surface area contributed by atoms with Crippen molar-refractivity contribution in [3.05, 3.63) is 44.8 Å². The van der Waals surface area contributed by atoms with Gasteiger partial charge >= 0.3 is 11.7 Å². The Morgan fingerprint density at radius 3 is 2.10 bits per heavy atom. The van der Waals surface area contributed by atoms with Gasteiger partial charge in [-0.05, 0) is 39.0 Å². The Bertz CT molecular complexity index is 971. The molecule has 1 aromatic rings. The van der Waals surface area contributed by atoms with Crippen LogP contribution in [0.5, 0.6) is 0 Å². The molecule has 0 amide bonds. The van der Waals surface area contributed by atoms with Gasteiger partial charge in [0.1, 0.15) is 24.9 Å². The van der Waals surface area contributed by atoms with Gasteiger partial charge in [-0.25, -0.2) is 4.79 Å². The number of nitrogens with zero attached hydrogens (tertiary/aromatic N) is 1. The van der Waals surface area contributed by atoms with Crippen LogP contribution in [0.15, 0.2) is 27.9 Å². The number of carbonyl (C=O) groups excluding carboxylic acids is 1. The number of allylic oxidation sites excluding steroid dienone is 2. The monoisotopic (exact) mass is 550 g/mol. The number of aliphatic hydroxyl groups excluding tert-OH is 2. The zero-order valence-corrected chi connectivity index (χ0v) is 23.9. The van der Waals surface area contributed by atoms with Crippen molar-refractivity contribution < 1.29 is 24.5 Å². The molecule has 1 aliphatic heterocycles. The van der Waals surface area contributed by atoms with Crippen molar-refractivity contribution in [3.63, 3.8) is 0 Å². The van der Waals surface area contributed by atoms with E-state index >= 15 is 0 Å². The van der Waals surface area contributed by atoms with E-state index in [1.54, 1.807) is 0 Å². The fourth-order valence-corrected chi connectivity index (χ4v) is 4.81. The molecule has 9 heteroatoms. The molecule has 0 spiro atoms. The molecule has 4 atom stereocenters. The number of aromatic amines is 1. The molecular formula is C30H50N2O7. The Labute approximate surface area is 232 Å². The number of aryl methyl sites for hydroxylation is 1. The van der Waals surface area contributed by atoms with Crippen molar-refractivity contribution in [3.8, 4) is 0 Å². The maximum Gasteiger partial charge on any atom is 0.330 e. The lowest BCUT2D eigenvalue weighted by molar-refractivity contribution is -0.150. The largest absolute Gasteiger partial charge is 0.463 e. The van der Waals surface area contributed by atoms with Gasteiger partial charge in [0.05, 0.1) is 0 Å². The van der Waals surface area contributed by atoms with Crippen LogP contribution in [0.4, 0.5) is 0 Å². The van der Waals surface area contributed by atoms with Gasteiger partial charge in [-0.2, -0.15) is 0 Å². The number of ether oxygens (including phenoxy) is 2. The molecule has 39 heavy (non-hydrogen) atoms. The molecule has 1 fully saturated rings. The molecule has 1 saturated heterocycles. The molecule has 1 aliphatic rings. The zero-order valence-electron chi connectivity index (χ0n) is 23.9. The molecule has 0 aromatic carbocycles. The number of hydrogen-bond donors (Lipinski definition) is 3. The van der Waals surface area contributed by atoms with E-state index in [0.29, 0.717) is 0 Å². The molecule has 0 unspecified atom stereocenters. The molecule has 0 radical (unpaired) electrons. The summed E-state index contributed by atoms with van der Waals surface area (Å²) in [5, 5.41) is 20.6. The Kier molecular flexibility index (Phi) is 16.0. The summed E-state index contributed by atoms with van der Waals surface area (Å²) in [6.45, 7) is 3.54. The van der Waals surface area contributed by atoms with Crippen LogP contribution >= 0.6 is 0 Å². The number of rotatable bonds is 20. The van der Waals surface area contributed by atoms with Crippen molar-refractivity contribution in [1.82, 2.24) is 9.55 Å². The Hall–Kier alpha value is -2.23. The fraction of sp³-hybridized carbons (Fsp3) is 0.767. The average molecular weight is 551 g/mol. The summed E-state index contributed by atoms with van der Waals surface area (Å²) >= 11 is 0. The maximum atomic E-state index is 12.1. The lowest BCUT2D eigenvalue weighted by atomic mass is 10.1. The summed E-state index contributed by atoms with van der Waals surface area (Å²) in [7, 11) is 0. The number of aliphatic hydroxyl groups is 2. The molecule has 9 nitrogen and oxygen atoms in total. The number of hydrogen-bond acceptors (Lipinski definition) is 7. The van der Waals surface area contributed by atoms with Gasteiger partial charge in [0.25, 0.3) is 5.56 Å². The predicted octanol–water partition coefficient (Wildman–Crippen LogP) is 4.83. The van der Waals surface area contributed by atoms with Gasteiger partial charge in [-0.3, -0.25) is 19.1 Å². The summed E-state index contributed by atoms with van der Waals surface area (Å²) in [5.41, 5.74) is -1.02. The maximum absolute atomic E-state index is 12.1. The van der Waals surface area contributed by atoms with Crippen molar-refractivity contribution in [2.75, 3.05) is 6.61 Å². The highest BCUT2D eigenvalue weighted by atomic mass is 16.6. The summed E-state index contributed by atoms with van der Waals surface area (Å²) in [4.78, 5) is 37.9. The zero-order chi connectivity index (χ0) is 28.5. The van der Waals surface area contributed by atoms with Crippen molar-refractivity contribution in [2.24, 2.45) is 0 Å². The summed E-state index contributed by atoms with van der Waals surface area (Å²) in [6, 6.07) is 0. The minimum Gasteiger partial charge on any atom is -0.463 e. The lowest BCUT2D eigenvalue weighted by Crippen LogP contribution is -2.38. The van der Waals surface area contributed by atoms with Gasteiger partial charge < -0.3 is 19.7 Å². The van der Waals surface area contributed by atoms with Crippen LogP contribution in [-0.2, 0) is 14.3 Å². The third-order valence-electron chi connectivity index (χ3n) is 7.31. The Morgan fingerprint density at radius 1 is 0.923 bits per heavy atom.